The van der Waals surface area contributed by atoms with E-state index >= 15 is 0 Å². The minimum absolute atomic E-state index is 0.113. The lowest BCUT2D eigenvalue weighted by Gasteiger charge is -2.28. The van der Waals surface area contributed by atoms with E-state index in [1.807, 2.05) is 11.0 Å². The molecule has 23 heavy (non-hydrogen) atoms. The van der Waals surface area contributed by atoms with E-state index in [0.717, 1.165) is 38.2 Å². The summed E-state index contributed by atoms with van der Waals surface area (Å²) < 4.78 is 0. The Hall–Kier alpha value is -2.20. The maximum atomic E-state index is 12.6. The number of aromatic nitrogens is 1. The van der Waals surface area contributed by atoms with Crippen LogP contribution >= 0.6 is 0 Å². The van der Waals surface area contributed by atoms with Crippen molar-refractivity contribution in [1.29, 1.82) is 0 Å². The van der Waals surface area contributed by atoms with Gasteiger partial charge in [0.05, 0.1) is 0 Å². The fourth-order valence-electron chi connectivity index (χ4n) is 3.15. The Bertz CT molecular complexity index is 630. The van der Waals surface area contributed by atoms with Gasteiger partial charge in [0.15, 0.2) is 0 Å². The van der Waals surface area contributed by atoms with Gasteiger partial charge in [-0.05, 0) is 31.0 Å². The molecule has 0 saturated carbocycles. The third-order valence-electron chi connectivity index (χ3n) is 4.57. The average molecular weight is 309 g/mol. The number of pyridine rings is 1. The number of hydrogen-bond donors (Lipinski definition) is 0. The standard InChI is InChI=1S/C19H23N3O/c1-16(17-6-3-2-4-7-17)21-12-5-13-22(15-14-21)19(23)18-8-10-20-11-9-18/h2-4,6-11,16H,5,12-15H2,1H3. The molecule has 0 bridgehead atoms. The van der Waals surface area contributed by atoms with Crippen LogP contribution in [0.25, 0.3) is 0 Å². The number of carbonyl (C=O) groups is 1. The Morgan fingerprint density at radius 1 is 1.00 bits per heavy atom. The highest BCUT2D eigenvalue weighted by Gasteiger charge is 2.23. The molecule has 1 aliphatic heterocycles. The van der Waals surface area contributed by atoms with E-state index in [0.29, 0.717) is 6.04 Å². The number of benzene rings is 1. The number of carbonyl (C=O) groups excluding carboxylic acids is 1. The fraction of sp³-hybridized carbons (Fsp3) is 0.368. The molecule has 0 aliphatic carbocycles. The zero-order valence-electron chi connectivity index (χ0n) is 13.6. The molecule has 4 heteroatoms. The average Bonchev–Trinajstić information content (AvgIpc) is 2.88. The summed E-state index contributed by atoms with van der Waals surface area (Å²) in [5.74, 6) is 0.113. The van der Waals surface area contributed by atoms with Gasteiger partial charge in [0.2, 0.25) is 0 Å². The van der Waals surface area contributed by atoms with Crippen LogP contribution in [0.15, 0.2) is 54.9 Å². The Kier molecular flexibility index (Phi) is 5.03. The van der Waals surface area contributed by atoms with Crippen LogP contribution in [0.3, 0.4) is 0 Å². The summed E-state index contributed by atoms with van der Waals surface area (Å²) in [5.41, 5.74) is 2.06. The van der Waals surface area contributed by atoms with Gasteiger partial charge in [0, 0.05) is 50.2 Å². The van der Waals surface area contributed by atoms with E-state index in [2.05, 4.69) is 41.1 Å². The molecule has 2 heterocycles. The molecule has 0 spiro atoms. The Morgan fingerprint density at radius 3 is 2.48 bits per heavy atom. The summed E-state index contributed by atoms with van der Waals surface area (Å²) in [6, 6.07) is 14.5. The van der Waals surface area contributed by atoms with E-state index in [9.17, 15) is 4.79 Å². The lowest BCUT2D eigenvalue weighted by atomic mass is 10.1. The SMILES string of the molecule is CC(c1ccccc1)N1CCCN(C(=O)c2ccncc2)CC1. The van der Waals surface area contributed by atoms with E-state index < -0.39 is 0 Å². The second kappa shape index (κ2) is 7.38. The molecule has 1 aromatic heterocycles. The molecule has 4 nitrogen and oxygen atoms in total. The van der Waals surface area contributed by atoms with E-state index in [1.165, 1.54) is 5.56 Å². The highest BCUT2D eigenvalue weighted by Crippen LogP contribution is 2.21. The summed E-state index contributed by atoms with van der Waals surface area (Å²) in [6.07, 6.45) is 4.36. The molecule has 2 aromatic rings. The first kappa shape index (κ1) is 15.7. The summed E-state index contributed by atoms with van der Waals surface area (Å²) in [6.45, 7) is 5.77. The number of hydrogen-bond acceptors (Lipinski definition) is 3. The van der Waals surface area contributed by atoms with Crippen LogP contribution in [0.4, 0.5) is 0 Å². The molecule has 1 saturated heterocycles. The first-order chi connectivity index (χ1) is 11.3. The van der Waals surface area contributed by atoms with Crippen LogP contribution in [0.2, 0.25) is 0 Å². The smallest absolute Gasteiger partial charge is 0.254 e. The van der Waals surface area contributed by atoms with Crippen molar-refractivity contribution in [2.75, 3.05) is 26.2 Å². The van der Waals surface area contributed by atoms with E-state index in [1.54, 1.807) is 24.5 Å². The second-order valence-electron chi connectivity index (χ2n) is 6.00. The third-order valence-corrected chi connectivity index (χ3v) is 4.57. The molecule has 1 aliphatic rings. The van der Waals surface area contributed by atoms with Gasteiger partial charge in [-0.25, -0.2) is 0 Å². The van der Waals surface area contributed by atoms with Gasteiger partial charge >= 0.3 is 0 Å². The minimum atomic E-state index is 0.113. The van der Waals surface area contributed by atoms with Crippen molar-refractivity contribution in [1.82, 2.24) is 14.8 Å². The first-order valence-electron chi connectivity index (χ1n) is 8.24. The van der Waals surface area contributed by atoms with Crippen LogP contribution in [-0.4, -0.2) is 46.9 Å². The number of nitrogens with zero attached hydrogens (tertiary/aromatic N) is 3. The molecule has 1 amide bonds. The van der Waals surface area contributed by atoms with Crippen LogP contribution in [-0.2, 0) is 0 Å². The van der Waals surface area contributed by atoms with E-state index in [-0.39, 0.29) is 5.91 Å². The summed E-state index contributed by atoms with van der Waals surface area (Å²) >= 11 is 0. The molecule has 3 rings (SSSR count). The highest BCUT2D eigenvalue weighted by molar-refractivity contribution is 5.94. The molecule has 1 aromatic carbocycles. The molecular weight excluding hydrogens is 286 g/mol. The Morgan fingerprint density at radius 2 is 1.74 bits per heavy atom. The van der Waals surface area contributed by atoms with E-state index in [4.69, 9.17) is 0 Å². The second-order valence-corrected chi connectivity index (χ2v) is 6.00. The van der Waals surface area contributed by atoms with Crippen LogP contribution in [0, 0.1) is 0 Å². The summed E-state index contributed by atoms with van der Waals surface area (Å²) in [4.78, 5) is 21.0. The monoisotopic (exact) mass is 309 g/mol. The van der Waals surface area contributed by atoms with Crippen molar-refractivity contribution in [3.05, 3.63) is 66.0 Å². The lowest BCUT2D eigenvalue weighted by molar-refractivity contribution is 0.0758. The van der Waals surface area contributed by atoms with Crippen LogP contribution in [0.5, 0.6) is 0 Å². The highest BCUT2D eigenvalue weighted by atomic mass is 16.2. The zero-order chi connectivity index (χ0) is 16.1. The zero-order valence-corrected chi connectivity index (χ0v) is 13.6. The normalized spacial score (nSPS) is 17.5. The van der Waals surface area contributed by atoms with Gasteiger partial charge in [0.25, 0.3) is 5.91 Å². The number of rotatable bonds is 3. The van der Waals surface area contributed by atoms with Crippen LogP contribution < -0.4 is 0 Å². The molecule has 1 unspecified atom stereocenters. The third kappa shape index (κ3) is 3.77. The van der Waals surface area contributed by atoms with Gasteiger partial charge in [-0.2, -0.15) is 0 Å². The molecule has 1 atom stereocenters. The first-order valence-corrected chi connectivity index (χ1v) is 8.24. The molecule has 0 radical (unpaired) electrons. The largest absolute Gasteiger partial charge is 0.337 e. The molecule has 1 fully saturated rings. The Labute approximate surface area is 137 Å². The maximum absolute atomic E-state index is 12.6. The van der Waals surface area contributed by atoms with Crippen molar-refractivity contribution >= 4 is 5.91 Å². The molecule has 120 valence electrons. The van der Waals surface area contributed by atoms with Gasteiger partial charge in [0.1, 0.15) is 0 Å². The van der Waals surface area contributed by atoms with Gasteiger partial charge < -0.3 is 4.90 Å². The minimum Gasteiger partial charge on any atom is -0.337 e. The van der Waals surface area contributed by atoms with Crippen molar-refractivity contribution in [2.45, 2.75) is 19.4 Å². The lowest BCUT2D eigenvalue weighted by Crippen LogP contribution is -2.35. The summed E-state index contributed by atoms with van der Waals surface area (Å²) in [5, 5.41) is 0. The predicted octanol–water partition coefficient (Wildman–Crippen LogP) is 2.99. The van der Waals surface area contributed by atoms with Crippen molar-refractivity contribution < 1.29 is 4.79 Å². The van der Waals surface area contributed by atoms with Gasteiger partial charge in [-0.3, -0.25) is 14.7 Å². The predicted molar refractivity (Wildman–Crippen MR) is 91.2 cm³/mol. The molecular formula is C19H23N3O. The molecule has 0 N–H and O–H groups in total. The van der Waals surface area contributed by atoms with Crippen LogP contribution in [0.1, 0.15) is 35.3 Å². The fourth-order valence-corrected chi connectivity index (χ4v) is 3.15. The van der Waals surface area contributed by atoms with Gasteiger partial charge in [-0.1, -0.05) is 30.3 Å². The maximum Gasteiger partial charge on any atom is 0.254 e. The van der Waals surface area contributed by atoms with Crippen molar-refractivity contribution in [2.24, 2.45) is 0 Å². The number of amides is 1. The van der Waals surface area contributed by atoms with Crippen molar-refractivity contribution in [3.63, 3.8) is 0 Å². The quantitative estimate of drug-likeness (QED) is 0.874. The van der Waals surface area contributed by atoms with Crippen molar-refractivity contribution in [3.8, 4) is 0 Å². The van der Waals surface area contributed by atoms with Gasteiger partial charge in [-0.15, -0.1) is 0 Å². The summed E-state index contributed by atoms with van der Waals surface area (Å²) in [7, 11) is 0. The Balaban J connectivity index is 1.64. The topological polar surface area (TPSA) is 36.4 Å².